The van der Waals surface area contributed by atoms with Gasteiger partial charge in [0.25, 0.3) is 5.91 Å². The molecular formula is C20H13BrN2O5. The van der Waals surface area contributed by atoms with Gasteiger partial charge in [0.1, 0.15) is 0 Å². The standard InChI is InChI=1S/C20H13BrN2O5/c21-12-5-15-19(28-8-27-15)18-11(12)3-10-6-23(22)20(24)17(10)16(18)9-1-2-13-14(4-9)26-7-25-13/h1-5H,6-8,22H2. The maximum atomic E-state index is 12.9. The number of benzene rings is 3. The van der Waals surface area contributed by atoms with Crippen LogP contribution in [0.3, 0.4) is 0 Å². The molecule has 3 aliphatic rings. The third-order valence-electron chi connectivity index (χ3n) is 5.27. The molecule has 0 unspecified atom stereocenters. The van der Waals surface area contributed by atoms with E-state index in [1.165, 1.54) is 5.01 Å². The molecule has 3 aromatic carbocycles. The molecule has 28 heavy (non-hydrogen) atoms. The molecule has 0 saturated heterocycles. The summed E-state index contributed by atoms with van der Waals surface area (Å²) < 4.78 is 23.2. The second-order valence-electron chi connectivity index (χ2n) is 6.80. The lowest BCUT2D eigenvalue weighted by Gasteiger charge is -2.15. The summed E-state index contributed by atoms with van der Waals surface area (Å²) in [5.41, 5.74) is 3.02. The summed E-state index contributed by atoms with van der Waals surface area (Å²) in [6, 6.07) is 9.51. The average molecular weight is 441 g/mol. The fourth-order valence-corrected chi connectivity index (χ4v) is 4.58. The van der Waals surface area contributed by atoms with E-state index >= 15 is 0 Å². The average Bonchev–Trinajstić information content (AvgIpc) is 3.40. The molecule has 0 aromatic heterocycles. The molecule has 6 rings (SSSR count). The molecule has 0 spiro atoms. The number of carbonyl (C=O) groups is 1. The molecule has 3 aliphatic heterocycles. The number of ether oxygens (including phenoxy) is 4. The van der Waals surface area contributed by atoms with Crippen molar-refractivity contribution in [2.45, 2.75) is 6.54 Å². The van der Waals surface area contributed by atoms with Gasteiger partial charge in [-0.2, -0.15) is 0 Å². The van der Waals surface area contributed by atoms with Crippen LogP contribution in [0.25, 0.3) is 21.9 Å². The Morgan fingerprint density at radius 3 is 2.61 bits per heavy atom. The number of hydrazine groups is 1. The van der Waals surface area contributed by atoms with Crippen molar-refractivity contribution in [2.75, 3.05) is 13.6 Å². The first-order valence-corrected chi connectivity index (χ1v) is 9.45. The Morgan fingerprint density at radius 2 is 1.71 bits per heavy atom. The lowest BCUT2D eigenvalue weighted by molar-refractivity contribution is 0.0779. The van der Waals surface area contributed by atoms with Crippen LogP contribution in [0.1, 0.15) is 15.9 Å². The first-order valence-electron chi connectivity index (χ1n) is 8.66. The zero-order chi connectivity index (χ0) is 19.0. The van der Waals surface area contributed by atoms with E-state index in [4.69, 9.17) is 24.8 Å². The van der Waals surface area contributed by atoms with Gasteiger partial charge >= 0.3 is 0 Å². The van der Waals surface area contributed by atoms with Crippen molar-refractivity contribution in [3.05, 3.63) is 45.9 Å². The van der Waals surface area contributed by atoms with Crippen LogP contribution in [0, 0.1) is 0 Å². The van der Waals surface area contributed by atoms with Gasteiger partial charge in [0.2, 0.25) is 13.6 Å². The van der Waals surface area contributed by atoms with Crippen LogP contribution < -0.4 is 24.8 Å². The van der Waals surface area contributed by atoms with Crippen molar-refractivity contribution in [1.82, 2.24) is 5.01 Å². The smallest absolute Gasteiger partial charge is 0.269 e. The summed E-state index contributed by atoms with van der Waals surface area (Å²) in [5.74, 6) is 8.30. The van der Waals surface area contributed by atoms with Crippen LogP contribution in [0.4, 0.5) is 0 Å². The molecule has 3 aromatic rings. The number of halogens is 1. The van der Waals surface area contributed by atoms with Crippen molar-refractivity contribution in [3.63, 3.8) is 0 Å². The minimum absolute atomic E-state index is 0.134. The molecule has 1 amide bonds. The first-order chi connectivity index (χ1) is 13.6. The Labute approximate surface area is 167 Å². The molecule has 7 nitrogen and oxygen atoms in total. The maximum absolute atomic E-state index is 12.9. The van der Waals surface area contributed by atoms with Crippen LogP contribution in [-0.2, 0) is 6.54 Å². The summed E-state index contributed by atoms with van der Waals surface area (Å²) in [5, 5.41) is 2.97. The highest BCUT2D eigenvalue weighted by Gasteiger charge is 2.34. The molecule has 3 heterocycles. The quantitative estimate of drug-likeness (QED) is 0.460. The molecule has 0 atom stereocenters. The maximum Gasteiger partial charge on any atom is 0.269 e. The number of nitrogens with two attached hydrogens (primary N) is 1. The van der Waals surface area contributed by atoms with Gasteiger partial charge in [0.05, 0.1) is 12.1 Å². The van der Waals surface area contributed by atoms with Crippen molar-refractivity contribution in [2.24, 2.45) is 5.84 Å². The van der Waals surface area contributed by atoms with E-state index in [1.54, 1.807) is 0 Å². The van der Waals surface area contributed by atoms with Crippen LogP contribution in [0.5, 0.6) is 23.0 Å². The van der Waals surface area contributed by atoms with Gasteiger partial charge < -0.3 is 18.9 Å². The molecule has 0 saturated carbocycles. The molecule has 140 valence electrons. The van der Waals surface area contributed by atoms with Gasteiger partial charge in [-0.15, -0.1) is 0 Å². The zero-order valence-corrected chi connectivity index (χ0v) is 16.0. The molecule has 0 aliphatic carbocycles. The van der Waals surface area contributed by atoms with Crippen molar-refractivity contribution >= 4 is 32.6 Å². The second-order valence-corrected chi connectivity index (χ2v) is 7.66. The van der Waals surface area contributed by atoms with E-state index < -0.39 is 0 Å². The highest BCUT2D eigenvalue weighted by Crippen LogP contribution is 2.50. The Bertz CT molecular complexity index is 1210. The SMILES string of the molecule is NN1Cc2cc3c(Br)cc4c(c3c(-c3ccc5c(c3)OCO5)c2C1=O)OCO4. The summed E-state index contributed by atoms with van der Waals surface area (Å²) in [4.78, 5) is 12.9. The monoisotopic (exact) mass is 440 g/mol. The lowest BCUT2D eigenvalue weighted by atomic mass is 9.89. The fraction of sp³-hybridized carbons (Fsp3) is 0.150. The third-order valence-corrected chi connectivity index (χ3v) is 5.93. The van der Waals surface area contributed by atoms with Crippen LogP contribution >= 0.6 is 15.9 Å². The van der Waals surface area contributed by atoms with Crippen molar-refractivity contribution < 1.29 is 23.7 Å². The largest absolute Gasteiger partial charge is 0.454 e. The third kappa shape index (κ3) is 2.04. The Balaban J connectivity index is 1.77. The van der Waals surface area contributed by atoms with E-state index in [9.17, 15) is 4.79 Å². The van der Waals surface area contributed by atoms with Crippen LogP contribution in [-0.4, -0.2) is 24.5 Å². The zero-order valence-electron chi connectivity index (χ0n) is 14.5. The molecule has 0 radical (unpaired) electrons. The number of hydrogen-bond donors (Lipinski definition) is 1. The summed E-state index contributed by atoms with van der Waals surface area (Å²) in [7, 11) is 0. The highest BCUT2D eigenvalue weighted by atomic mass is 79.9. The van der Waals surface area contributed by atoms with E-state index in [1.807, 2.05) is 30.3 Å². The molecular weight excluding hydrogens is 428 g/mol. The number of carbonyl (C=O) groups excluding carboxylic acids is 1. The van der Waals surface area contributed by atoms with Crippen molar-refractivity contribution in [1.29, 1.82) is 0 Å². The minimum atomic E-state index is -0.225. The Kier molecular flexibility index (Phi) is 3.16. The van der Waals surface area contributed by atoms with Crippen LogP contribution in [0.2, 0.25) is 0 Å². The van der Waals surface area contributed by atoms with E-state index in [0.29, 0.717) is 35.1 Å². The molecule has 0 bridgehead atoms. The number of fused-ring (bicyclic) bond motifs is 5. The summed E-state index contributed by atoms with van der Waals surface area (Å²) in [6.07, 6.45) is 0. The normalized spacial score (nSPS) is 16.2. The number of hydrogen-bond acceptors (Lipinski definition) is 6. The van der Waals surface area contributed by atoms with Gasteiger partial charge in [0, 0.05) is 20.8 Å². The van der Waals surface area contributed by atoms with Gasteiger partial charge in [-0.25, -0.2) is 5.84 Å². The molecule has 0 fully saturated rings. The van der Waals surface area contributed by atoms with Gasteiger partial charge in [-0.05, 0) is 35.4 Å². The lowest BCUT2D eigenvalue weighted by Crippen LogP contribution is -2.30. The first kappa shape index (κ1) is 16.0. The van der Waals surface area contributed by atoms with Gasteiger partial charge in [0.15, 0.2) is 23.0 Å². The second kappa shape index (κ2) is 5.52. The van der Waals surface area contributed by atoms with Gasteiger partial charge in [-0.3, -0.25) is 9.80 Å². The number of rotatable bonds is 1. The molecule has 8 heteroatoms. The molecule has 2 N–H and O–H groups in total. The van der Waals surface area contributed by atoms with E-state index in [2.05, 4.69) is 15.9 Å². The van der Waals surface area contributed by atoms with Crippen LogP contribution in [0.15, 0.2) is 34.8 Å². The fourth-order valence-electron chi connectivity index (χ4n) is 4.06. The number of nitrogens with zero attached hydrogens (tertiary/aromatic N) is 1. The van der Waals surface area contributed by atoms with Gasteiger partial charge in [-0.1, -0.05) is 22.0 Å². The Hall–Kier alpha value is -2.97. The minimum Gasteiger partial charge on any atom is -0.454 e. The predicted molar refractivity (Wildman–Crippen MR) is 103 cm³/mol. The summed E-state index contributed by atoms with van der Waals surface area (Å²) >= 11 is 3.64. The number of amides is 1. The Morgan fingerprint density at radius 1 is 0.929 bits per heavy atom. The van der Waals surface area contributed by atoms with E-state index in [-0.39, 0.29) is 19.5 Å². The predicted octanol–water partition coefficient (Wildman–Crippen LogP) is 3.56. The topological polar surface area (TPSA) is 83.2 Å². The van der Waals surface area contributed by atoms with Crippen molar-refractivity contribution in [3.8, 4) is 34.1 Å². The highest BCUT2D eigenvalue weighted by molar-refractivity contribution is 9.10. The van der Waals surface area contributed by atoms with E-state index in [0.717, 1.165) is 31.9 Å². The summed E-state index contributed by atoms with van der Waals surface area (Å²) in [6.45, 7) is 0.665.